The number of aryl methyl sites for hydroxylation is 1. The second-order valence-corrected chi connectivity index (χ2v) is 7.03. The second-order valence-electron chi connectivity index (χ2n) is 7.03. The summed E-state index contributed by atoms with van der Waals surface area (Å²) in [6.07, 6.45) is 4.94. The molecular weight excluding hydrogens is 442 g/mol. The molecular formula is C24H24ClN5O3. The number of nitrogens with one attached hydrogen (secondary N) is 1. The van der Waals surface area contributed by atoms with Crippen LogP contribution >= 0.6 is 12.4 Å². The Labute approximate surface area is 198 Å². The van der Waals surface area contributed by atoms with Crippen LogP contribution in [0.5, 0.6) is 17.2 Å². The molecule has 0 aliphatic carbocycles. The van der Waals surface area contributed by atoms with Crippen LogP contribution in [0.15, 0.2) is 54.9 Å². The zero-order valence-corrected chi connectivity index (χ0v) is 19.3. The normalized spacial score (nSPS) is 10.2. The van der Waals surface area contributed by atoms with Crippen molar-refractivity contribution in [1.29, 1.82) is 5.26 Å². The lowest BCUT2D eigenvalue weighted by Crippen LogP contribution is -2.02. The smallest absolute Gasteiger partial charge is 0.229 e. The molecule has 0 saturated heterocycles. The van der Waals surface area contributed by atoms with Crippen LogP contribution in [0.4, 0.5) is 11.6 Å². The molecule has 33 heavy (non-hydrogen) atoms. The number of hydrogen-bond acceptors (Lipinski definition) is 7. The van der Waals surface area contributed by atoms with Crippen molar-refractivity contribution in [3.05, 3.63) is 60.4 Å². The maximum Gasteiger partial charge on any atom is 0.229 e. The van der Waals surface area contributed by atoms with Gasteiger partial charge in [-0.2, -0.15) is 10.2 Å². The Morgan fingerprint density at radius 1 is 1.03 bits per heavy atom. The molecule has 4 aromatic rings. The molecule has 0 unspecified atom stereocenters. The lowest BCUT2D eigenvalue weighted by atomic mass is 10.1. The van der Waals surface area contributed by atoms with Crippen LogP contribution < -0.4 is 19.5 Å². The number of fused-ring (bicyclic) bond motifs is 1. The SMILES string of the molecule is COc1cc(Nc2ncc3ccn(-c4cccc(CCC#N)c4)c3n2)cc(OC)c1OC.Cl. The van der Waals surface area contributed by atoms with E-state index in [9.17, 15) is 0 Å². The van der Waals surface area contributed by atoms with Gasteiger partial charge in [-0.05, 0) is 30.2 Å². The van der Waals surface area contributed by atoms with Crippen LogP contribution in [0.3, 0.4) is 0 Å². The van der Waals surface area contributed by atoms with Gasteiger partial charge in [-0.25, -0.2) is 4.98 Å². The van der Waals surface area contributed by atoms with Gasteiger partial charge in [0, 0.05) is 47.7 Å². The van der Waals surface area contributed by atoms with E-state index in [0.717, 1.165) is 22.3 Å². The Morgan fingerprint density at radius 3 is 2.45 bits per heavy atom. The van der Waals surface area contributed by atoms with Crippen molar-refractivity contribution in [2.24, 2.45) is 0 Å². The summed E-state index contributed by atoms with van der Waals surface area (Å²) in [5, 5.41) is 13.0. The van der Waals surface area contributed by atoms with Crippen LogP contribution in [0.2, 0.25) is 0 Å². The third-order valence-corrected chi connectivity index (χ3v) is 5.06. The minimum atomic E-state index is 0. The molecule has 4 rings (SSSR count). The quantitative estimate of drug-likeness (QED) is 0.388. The monoisotopic (exact) mass is 465 g/mol. The van der Waals surface area contributed by atoms with Crippen LogP contribution in [-0.4, -0.2) is 35.9 Å². The van der Waals surface area contributed by atoms with Gasteiger partial charge in [0.1, 0.15) is 5.65 Å². The van der Waals surface area contributed by atoms with E-state index < -0.39 is 0 Å². The average Bonchev–Trinajstić information content (AvgIpc) is 3.25. The van der Waals surface area contributed by atoms with Crippen LogP contribution in [0, 0.1) is 11.3 Å². The van der Waals surface area contributed by atoms with Gasteiger partial charge < -0.3 is 24.1 Å². The molecule has 0 radical (unpaired) electrons. The molecule has 9 heteroatoms. The van der Waals surface area contributed by atoms with E-state index in [0.29, 0.717) is 41.7 Å². The molecule has 0 atom stereocenters. The standard InChI is InChI=1S/C24H23N5O3.ClH/c1-30-20-13-18(14-21(31-2)22(20)32-3)27-24-26-15-17-9-11-29(23(17)28-24)19-8-4-6-16(12-19)7-5-10-25;/h4,6,8-9,11-15H,5,7H2,1-3H3,(H,26,27,28);1H. The fourth-order valence-corrected chi connectivity index (χ4v) is 3.53. The first-order valence-corrected chi connectivity index (χ1v) is 10.0. The van der Waals surface area contributed by atoms with E-state index in [1.165, 1.54) is 0 Å². The maximum atomic E-state index is 8.87. The zero-order valence-electron chi connectivity index (χ0n) is 18.5. The summed E-state index contributed by atoms with van der Waals surface area (Å²) in [6, 6.07) is 15.9. The molecule has 0 saturated carbocycles. The predicted octanol–water partition coefficient (Wildman–Crippen LogP) is 5.07. The molecule has 0 fully saturated rings. The summed E-state index contributed by atoms with van der Waals surface area (Å²) < 4.78 is 18.2. The number of methoxy groups -OCH3 is 3. The Bertz CT molecular complexity index is 1270. The Kier molecular flexibility index (Phi) is 7.59. The van der Waals surface area contributed by atoms with Gasteiger partial charge in [-0.15, -0.1) is 12.4 Å². The molecule has 0 spiro atoms. The van der Waals surface area contributed by atoms with E-state index >= 15 is 0 Å². The highest BCUT2D eigenvalue weighted by Crippen LogP contribution is 2.40. The third-order valence-electron chi connectivity index (χ3n) is 5.06. The van der Waals surface area contributed by atoms with Crippen molar-refractivity contribution in [2.75, 3.05) is 26.6 Å². The number of anilines is 2. The molecule has 2 aromatic heterocycles. The van der Waals surface area contributed by atoms with E-state index in [4.69, 9.17) is 24.5 Å². The lowest BCUT2D eigenvalue weighted by molar-refractivity contribution is 0.324. The van der Waals surface area contributed by atoms with Crippen molar-refractivity contribution in [1.82, 2.24) is 14.5 Å². The average molecular weight is 466 g/mol. The Balaban J connectivity index is 0.00000306. The predicted molar refractivity (Wildman–Crippen MR) is 129 cm³/mol. The minimum absolute atomic E-state index is 0. The molecule has 2 aromatic carbocycles. The van der Waals surface area contributed by atoms with Gasteiger partial charge >= 0.3 is 0 Å². The number of benzene rings is 2. The number of rotatable bonds is 8. The first kappa shape index (κ1) is 23.7. The van der Waals surface area contributed by atoms with E-state index in [1.54, 1.807) is 39.7 Å². The summed E-state index contributed by atoms with van der Waals surface area (Å²) in [7, 11) is 4.70. The first-order chi connectivity index (χ1) is 15.7. The summed E-state index contributed by atoms with van der Waals surface area (Å²) in [5.74, 6) is 2.02. The van der Waals surface area contributed by atoms with Crippen molar-refractivity contribution < 1.29 is 14.2 Å². The van der Waals surface area contributed by atoms with Crippen molar-refractivity contribution in [2.45, 2.75) is 12.8 Å². The van der Waals surface area contributed by atoms with E-state index in [-0.39, 0.29) is 12.4 Å². The van der Waals surface area contributed by atoms with E-state index in [2.05, 4.69) is 22.4 Å². The summed E-state index contributed by atoms with van der Waals surface area (Å²) in [4.78, 5) is 9.16. The van der Waals surface area contributed by atoms with Gasteiger partial charge in [0.15, 0.2) is 11.5 Å². The molecule has 170 valence electrons. The molecule has 1 N–H and O–H groups in total. The third kappa shape index (κ3) is 4.94. The minimum Gasteiger partial charge on any atom is -0.493 e. The highest BCUT2D eigenvalue weighted by Gasteiger charge is 2.14. The Morgan fingerprint density at radius 2 is 1.79 bits per heavy atom. The van der Waals surface area contributed by atoms with Crippen LogP contribution in [-0.2, 0) is 6.42 Å². The molecule has 2 heterocycles. The number of halogens is 1. The topological polar surface area (TPSA) is 94.2 Å². The van der Waals surface area contributed by atoms with Crippen molar-refractivity contribution in [3.63, 3.8) is 0 Å². The molecule has 0 bridgehead atoms. The lowest BCUT2D eigenvalue weighted by Gasteiger charge is -2.14. The maximum absolute atomic E-state index is 8.87. The first-order valence-electron chi connectivity index (χ1n) is 10.0. The van der Waals surface area contributed by atoms with Gasteiger partial charge in [0.2, 0.25) is 11.7 Å². The highest BCUT2D eigenvalue weighted by atomic mass is 35.5. The second kappa shape index (κ2) is 10.6. The zero-order chi connectivity index (χ0) is 22.5. The molecule has 0 aliphatic rings. The van der Waals surface area contributed by atoms with E-state index in [1.807, 2.05) is 35.0 Å². The highest BCUT2D eigenvalue weighted by molar-refractivity contribution is 5.85. The summed E-state index contributed by atoms with van der Waals surface area (Å²) in [5.41, 5.74) is 3.56. The fraction of sp³-hybridized carbons (Fsp3) is 0.208. The number of nitriles is 1. The van der Waals surface area contributed by atoms with Crippen molar-refractivity contribution in [3.8, 4) is 29.0 Å². The van der Waals surface area contributed by atoms with Gasteiger partial charge in [0.05, 0.1) is 27.4 Å². The molecule has 0 amide bonds. The summed E-state index contributed by atoms with van der Waals surface area (Å²) >= 11 is 0. The van der Waals surface area contributed by atoms with Gasteiger partial charge in [-0.3, -0.25) is 0 Å². The molecule has 8 nitrogen and oxygen atoms in total. The van der Waals surface area contributed by atoms with Crippen molar-refractivity contribution >= 4 is 35.1 Å². The van der Waals surface area contributed by atoms with Gasteiger partial charge in [0.25, 0.3) is 0 Å². The van der Waals surface area contributed by atoms with Crippen LogP contribution in [0.25, 0.3) is 16.7 Å². The fourth-order valence-electron chi connectivity index (χ4n) is 3.53. The number of nitrogens with zero attached hydrogens (tertiary/aromatic N) is 4. The molecule has 0 aliphatic heterocycles. The number of ether oxygens (including phenoxy) is 3. The summed E-state index contributed by atoms with van der Waals surface area (Å²) in [6.45, 7) is 0. The number of hydrogen-bond donors (Lipinski definition) is 1. The van der Waals surface area contributed by atoms with Crippen LogP contribution in [0.1, 0.15) is 12.0 Å². The number of aromatic nitrogens is 3. The Hall–Kier alpha value is -3.96. The largest absolute Gasteiger partial charge is 0.493 e. The van der Waals surface area contributed by atoms with Gasteiger partial charge in [-0.1, -0.05) is 12.1 Å².